The molecule has 1 aromatic heterocycles. The molecule has 5 nitrogen and oxygen atoms in total. The molecule has 0 saturated heterocycles. The molecule has 1 saturated carbocycles. The molecule has 116 valence electrons. The first-order valence-electron chi connectivity index (χ1n) is 7.91. The summed E-state index contributed by atoms with van der Waals surface area (Å²) in [5.41, 5.74) is 1.09. The number of ether oxygens (including phenoxy) is 1. The fraction of sp³-hybridized carbons (Fsp3) is 0.625. The van der Waals surface area contributed by atoms with Gasteiger partial charge in [-0.2, -0.15) is 0 Å². The Hall–Kier alpha value is -1.78. The van der Waals surface area contributed by atoms with Crippen LogP contribution < -0.4 is 15.4 Å². The Kier molecular flexibility index (Phi) is 6.31. The first-order valence-corrected chi connectivity index (χ1v) is 7.91. The number of hydrogen-bond donors (Lipinski definition) is 2. The number of aliphatic imine (C=N–C) groups is 1. The van der Waals surface area contributed by atoms with E-state index < -0.39 is 0 Å². The van der Waals surface area contributed by atoms with Crippen LogP contribution in [0, 0.1) is 5.92 Å². The number of nitrogens with one attached hydrogen (secondary N) is 2. The third-order valence-electron chi connectivity index (χ3n) is 3.27. The highest BCUT2D eigenvalue weighted by molar-refractivity contribution is 5.79. The van der Waals surface area contributed by atoms with Crippen molar-refractivity contribution in [3.8, 4) is 5.88 Å². The molecule has 0 aromatic carbocycles. The molecule has 1 heterocycles. The van der Waals surface area contributed by atoms with E-state index in [1.54, 1.807) is 0 Å². The van der Waals surface area contributed by atoms with Crippen molar-refractivity contribution in [2.24, 2.45) is 10.9 Å². The summed E-state index contributed by atoms with van der Waals surface area (Å²) in [6.45, 7) is 7.39. The lowest BCUT2D eigenvalue weighted by atomic mass is 10.3. The van der Waals surface area contributed by atoms with Gasteiger partial charge in [-0.3, -0.25) is 0 Å². The van der Waals surface area contributed by atoms with Crippen molar-refractivity contribution in [3.63, 3.8) is 0 Å². The maximum absolute atomic E-state index is 5.47. The number of guanidine groups is 1. The van der Waals surface area contributed by atoms with Gasteiger partial charge in [0.05, 0.1) is 13.2 Å². The highest BCUT2D eigenvalue weighted by Crippen LogP contribution is 2.27. The Labute approximate surface area is 127 Å². The topological polar surface area (TPSA) is 58.5 Å². The molecule has 5 heteroatoms. The molecular formula is C16H26N4O. The van der Waals surface area contributed by atoms with E-state index in [0.717, 1.165) is 37.0 Å². The van der Waals surface area contributed by atoms with Crippen molar-refractivity contribution in [1.82, 2.24) is 15.6 Å². The molecule has 1 fully saturated rings. The zero-order valence-corrected chi connectivity index (χ0v) is 13.1. The fourth-order valence-electron chi connectivity index (χ4n) is 1.87. The second-order valence-corrected chi connectivity index (χ2v) is 5.37. The van der Waals surface area contributed by atoms with Gasteiger partial charge in [0.1, 0.15) is 0 Å². The van der Waals surface area contributed by atoms with E-state index in [1.165, 1.54) is 12.8 Å². The van der Waals surface area contributed by atoms with E-state index >= 15 is 0 Å². The average molecular weight is 290 g/mol. The maximum Gasteiger partial charge on any atom is 0.213 e. The summed E-state index contributed by atoms with van der Waals surface area (Å²) >= 11 is 0. The van der Waals surface area contributed by atoms with Crippen LogP contribution in [0.4, 0.5) is 0 Å². The molecule has 1 aliphatic carbocycles. The Balaban J connectivity index is 1.83. The van der Waals surface area contributed by atoms with Crippen LogP contribution >= 0.6 is 0 Å². The zero-order valence-electron chi connectivity index (χ0n) is 13.1. The summed E-state index contributed by atoms with van der Waals surface area (Å²) in [6, 6.07) is 3.93. The molecule has 21 heavy (non-hydrogen) atoms. The first kappa shape index (κ1) is 15.6. The van der Waals surface area contributed by atoms with E-state index in [2.05, 4.69) is 34.5 Å². The van der Waals surface area contributed by atoms with Crippen LogP contribution in [0.1, 0.15) is 38.7 Å². The van der Waals surface area contributed by atoms with Crippen molar-refractivity contribution in [3.05, 3.63) is 23.9 Å². The van der Waals surface area contributed by atoms with Crippen LogP contribution in [0.2, 0.25) is 0 Å². The predicted octanol–water partition coefficient (Wildman–Crippen LogP) is 2.34. The second-order valence-electron chi connectivity index (χ2n) is 5.37. The number of rotatable bonds is 8. The molecule has 1 aliphatic rings. The third kappa shape index (κ3) is 6.02. The van der Waals surface area contributed by atoms with Gasteiger partial charge in [-0.15, -0.1) is 0 Å². The van der Waals surface area contributed by atoms with Crippen molar-refractivity contribution in [2.45, 2.75) is 39.7 Å². The predicted molar refractivity (Wildman–Crippen MR) is 85.6 cm³/mol. The van der Waals surface area contributed by atoms with E-state index in [1.807, 2.05) is 18.3 Å². The van der Waals surface area contributed by atoms with Gasteiger partial charge in [0, 0.05) is 25.4 Å². The van der Waals surface area contributed by atoms with Crippen molar-refractivity contribution < 1.29 is 4.74 Å². The molecule has 0 atom stereocenters. The molecule has 0 unspecified atom stereocenters. The maximum atomic E-state index is 5.47. The SMILES string of the molecule is CCCOc1ccc(CN=C(NCC)NCC2CC2)cn1. The minimum Gasteiger partial charge on any atom is -0.478 e. The van der Waals surface area contributed by atoms with E-state index in [4.69, 9.17) is 4.74 Å². The molecule has 2 rings (SSSR count). The summed E-state index contributed by atoms with van der Waals surface area (Å²) in [5.74, 6) is 2.41. The van der Waals surface area contributed by atoms with Gasteiger partial charge in [-0.05, 0) is 37.7 Å². The Bertz CT molecular complexity index is 440. The van der Waals surface area contributed by atoms with Crippen LogP contribution in [0.25, 0.3) is 0 Å². The summed E-state index contributed by atoms with van der Waals surface area (Å²) in [5, 5.41) is 6.66. The molecule has 0 aliphatic heterocycles. The molecule has 2 N–H and O–H groups in total. The zero-order chi connectivity index (χ0) is 14.9. The molecule has 0 bridgehead atoms. The molecule has 0 amide bonds. The van der Waals surface area contributed by atoms with Crippen LogP contribution in [-0.2, 0) is 6.54 Å². The van der Waals surface area contributed by atoms with E-state index in [0.29, 0.717) is 19.0 Å². The smallest absolute Gasteiger partial charge is 0.213 e. The normalized spacial score (nSPS) is 14.9. The van der Waals surface area contributed by atoms with E-state index in [9.17, 15) is 0 Å². The highest BCUT2D eigenvalue weighted by Gasteiger charge is 2.20. The minimum atomic E-state index is 0.626. The van der Waals surface area contributed by atoms with Crippen molar-refractivity contribution >= 4 is 5.96 Å². The standard InChI is InChI=1S/C16H26N4O/c1-3-9-21-15-8-7-14(11-18-15)12-20-16(17-4-2)19-10-13-5-6-13/h7-8,11,13H,3-6,9-10,12H2,1-2H3,(H2,17,19,20). The van der Waals surface area contributed by atoms with Crippen LogP contribution in [-0.4, -0.2) is 30.6 Å². The second kappa shape index (κ2) is 8.49. The van der Waals surface area contributed by atoms with Crippen LogP contribution in [0.5, 0.6) is 5.88 Å². The van der Waals surface area contributed by atoms with Crippen LogP contribution in [0.3, 0.4) is 0 Å². The summed E-state index contributed by atoms with van der Waals surface area (Å²) < 4.78 is 5.47. The number of pyridine rings is 1. The Morgan fingerprint density at radius 3 is 2.81 bits per heavy atom. The number of hydrogen-bond acceptors (Lipinski definition) is 3. The lowest BCUT2D eigenvalue weighted by Gasteiger charge is -2.10. The Morgan fingerprint density at radius 1 is 1.33 bits per heavy atom. The number of aromatic nitrogens is 1. The quantitative estimate of drug-likeness (QED) is 0.570. The lowest BCUT2D eigenvalue weighted by molar-refractivity contribution is 0.305. The monoisotopic (exact) mass is 290 g/mol. The van der Waals surface area contributed by atoms with Gasteiger partial charge in [0.15, 0.2) is 5.96 Å². The van der Waals surface area contributed by atoms with Crippen molar-refractivity contribution in [2.75, 3.05) is 19.7 Å². The van der Waals surface area contributed by atoms with Gasteiger partial charge in [0.25, 0.3) is 0 Å². The molecule has 1 aromatic rings. The fourth-order valence-corrected chi connectivity index (χ4v) is 1.87. The average Bonchev–Trinajstić information content (AvgIpc) is 3.33. The first-order chi connectivity index (χ1) is 10.3. The van der Waals surface area contributed by atoms with Gasteiger partial charge < -0.3 is 15.4 Å². The van der Waals surface area contributed by atoms with Gasteiger partial charge in [0.2, 0.25) is 5.88 Å². The largest absolute Gasteiger partial charge is 0.478 e. The molecule has 0 spiro atoms. The molecular weight excluding hydrogens is 264 g/mol. The van der Waals surface area contributed by atoms with Gasteiger partial charge in [-0.25, -0.2) is 9.98 Å². The highest BCUT2D eigenvalue weighted by atomic mass is 16.5. The van der Waals surface area contributed by atoms with Gasteiger partial charge in [-0.1, -0.05) is 13.0 Å². The Morgan fingerprint density at radius 2 is 2.19 bits per heavy atom. The van der Waals surface area contributed by atoms with E-state index in [-0.39, 0.29) is 0 Å². The van der Waals surface area contributed by atoms with Crippen molar-refractivity contribution in [1.29, 1.82) is 0 Å². The number of nitrogens with zero attached hydrogens (tertiary/aromatic N) is 2. The lowest BCUT2D eigenvalue weighted by Crippen LogP contribution is -2.38. The molecule has 0 radical (unpaired) electrons. The van der Waals surface area contributed by atoms with Gasteiger partial charge >= 0.3 is 0 Å². The third-order valence-corrected chi connectivity index (χ3v) is 3.27. The summed E-state index contributed by atoms with van der Waals surface area (Å²) in [4.78, 5) is 8.88. The summed E-state index contributed by atoms with van der Waals surface area (Å²) in [6.07, 6.45) is 5.51. The minimum absolute atomic E-state index is 0.626. The van der Waals surface area contributed by atoms with Crippen LogP contribution in [0.15, 0.2) is 23.3 Å². The summed E-state index contributed by atoms with van der Waals surface area (Å²) in [7, 11) is 0.